The highest BCUT2D eigenvalue weighted by Gasteiger charge is 2.15. The van der Waals surface area contributed by atoms with E-state index >= 15 is 0 Å². The van der Waals surface area contributed by atoms with Gasteiger partial charge < -0.3 is 10.6 Å². The highest BCUT2D eigenvalue weighted by Crippen LogP contribution is 2.21. The molecule has 0 spiro atoms. The second-order valence-corrected chi connectivity index (χ2v) is 4.82. The van der Waals surface area contributed by atoms with Gasteiger partial charge in [-0.25, -0.2) is 4.79 Å². The van der Waals surface area contributed by atoms with Crippen LogP contribution in [0.2, 0.25) is 5.02 Å². The Labute approximate surface area is 107 Å². The van der Waals surface area contributed by atoms with E-state index in [9.17, 15) is 4.79 Å². The molecule has 0 aromatic heterocycles. The number of urea groups is 1. The average Bonchev–Trinajstić information content (AvgIpc) is 2.33. The fourth-order valence-corrected chi connectivity index (χ4v) is 2.34. The molecule has 3 nitrogen and oxygen atoms in total. The highest BCUT2D eigenvalue weighted by atomic mass is 35.5. The molecule has 1 aromatic carbocycles. The van der Waals surface area contributed by atoms with E-state index in [-0.39, 0.29) is 6.03 Å². The largest absolute Gasteiger partial charge is 0.335 e. The third-order valence-corrected chi connectivity index (χ3v) is 3.39. The highest BCUT2D eigenvalue weighted by molar-refractivity contribution is 6.33. The third-order valence-electron chi connectivity index (χ3n) is 3.06. The molecule has 2 rings (SSSR count). The molecule has 92 valence electrons. The maximum absolute atomic E-state index is 11.8. The van der Waals surface area contributed by atoms with Crippen LogP contribution in [0.5, 0.6) is 0 Å². The number of hydrogen-bond donors (Lipinski definition) is 2. The van der Waals surface area contributed by atoms with Crippen molar-refractivity contribution in [1.82, 2.24) is 5.32 Å². The molecule has 0 unspecified atom stereocenters. The standard InChI is InChI=1S/C13H17ClN2O/c14-11-8-4-5-9-12(11)16-13(17)15-10-6-2-1-3-7-10/h4-5,8-10H,1-3,6-7H2,(H2,15,16,17). The summed E-state index contributed by atoms with van der Waals surface area (Å²) in [5.41, 5.74) is 0.655. The van der Waals surface area contributed by atoms with Gasteiger partial charge in [-0.05, 0) is 25.0 Å². The summed E-state index contributed by atoms with van der Waals surface area (Å²) in [5.74, 6) is 0. The Hall–Kier alpha value is -1.22. The van der Waals surface area contributed by atoms with Crippen molar-refractivity contribution in [3.8, 4) is 0 Å². The molecule has 1 aliphatic carbocycles. The number of carbonyl (C=O) groups is 1. The number of hydrogen-bond acceptors (Lipinski definition) is 1. The number of para-hydroxylation sites is 1. The van der Waals surface area contributed by atoms with Gasteiger partial charge in [-0.15, -0.1) is 0 Å². The quantitative estimate of drug-likeness (QED) is 0.826. The average molecular weight is 253 g/mol. The maximum Gasteiger partial charge on any atom is 0.319 e. The van der Waals surface area contributed by atoms with Crippen LogP contribution in [0, 0.1) is 0 Å². The van der Waals surface area contributed by atoms with Gasteiger partial charge in [0.25, 0.3) is 0 Å². The van der Waals surface area contributed by atoms with Gasteiger partial charge in [0.2, 0.25) is 0 Å². The molecule has 1 aliphatic rings. The van der Waals surface area contributed by atoms with Gasteiger partial charge in [0.15, 0.2) is 0 Å². The maximum atomic E-state index is 11.8. The molecule has 0 aliphatic heterocycles. The molecule has 0 radical (unpaired) electrons. The van der Waals surface area contributed by atoms with E-state index in [1.807, 2.05) is 12.1 Å². The van der Waals surface area contributed by atoms with Crippen LogP contribution in [0.15, 0.2) is 24.3 Å². The normalized spacial score (nSPS) is 16.5. The van der Waals surface area contributed by atoms with Crippen LogP contribution >= 0.6 is 11.6 Å². The lowest BCUT2D eigenvalue weighted by Gasteiger charge is -2.22. The van der Waals surface area contributed by atoms with Crippen LogP contribution in [-0.2, 0) is 0 Å². The molecule has 0 bridgehead atoms. The second kappa shape index (κ2) is 5.92. The summed E-state index contributed by atoms with van der Waals surface area (Å²) in [6.07, 6.45) is 5.85. The number of anilines is 1. The van der Waals surface area contributed by atoms with Gasteiger partial charge in [0, 0.05) is 6.04 Å². The number of rotatable bonds is 2. The fraction of sp³-hybridized carbons (Fsp3) is 0.462. The van der Waals surface area contributed by atoms with Crippen LogP contribution in [-0.4, -0.2) is 12.1 Å². The Morgan fingerprint density at radius 3 is 2.59 bits per heavy atom. The van der Waals surface area contributed by atoms with Gasteiger partial charge in [0.1, 0.15) is 0 Å². The van der Waals surface area contributed by atoms with Crippen LogP contribution in [0.1, 0.15) is 32.1 Å². The first-order valence-corrected chi connectivity index (χ1v) is 6.45. The summed E-state index contributed by atoms with van der Waals surface area (Å²) in [6, 6.07) is 7.39. The molecule has 2 N–H and O–H groups in total. The van der Waals surface area contributed by atoms with Crippen molar-refractivity contribution in [2.45, 2.75) is 38.1 Å². The predicted octanol–water partition coefficient (Wildman–Crippen LogP) is 3.79. The summed E-state index contributed by atoms with van der Waals surface area (Å²) in [5, 5.41) is 6.32. The number of halogens is 1. The lowest BCUT2D eigenvalue weighted by molar-refractivity contribution is 0.244. The van der Waals surface area contributed by atoms with Crippen molar-refractivity contribution in [3.05, 3.63) is 29.3 Å². The van der Waals surface area contributed by atoms with E-state index in [0.29, 0.717) is 16.8 Å². The summed E-state index contributed by atoms with van der Waals surface area (Å²) < 4.78 is 0. The molecule has 0 heterocycles. The molecule has 0 saturated heterocycles. The zero-order valence-electron chi connectivity index (χ0n) is 9.71. The van der Waals surface area contributed by atoms with E-state index in [2.05, 4.69) is 10.6 Å². The monoisotopic (exact) mass is 252 g/mol. The van der Waals surface area contributed by atoms with Gasteiger partial charge in [-0.1, -0.05) is 43.0 Å². The van der Waals surface area contributed by atoms with Crippen molar-refractivity contribution in [2.24, 2.45) is 0 Å². The molecule has 2 amide bonds. The van der Waals surface area contributed by atoms with E-state index in [1.54, 1.807) is 12.1 Å². The zero-order chi connectivity index (χ0) is 12.1. The second-order valence-electron chi connectivity index (χ2n) is 4.41. The minimum absolute atomic E-state index is 0.162. The van der Waals surface area contributed by atoms with Crippen molar-refractivity contribution >= 4 is 23.3 Å². The Morgan fingerprint density at radius 2 is 1.88 bits per heavy atom. The zero-order valence-corrected chi connectivity index (χ0v) is 10.5. The summed E-state index contributed by atoms with van der Waals surface area (Å²) in [4.78, 5) is 11.8. The van der Waals surface area contributed by atoms with Crippen LogP contribution in [0.25, 0.3) is 0 Å². The Morgan fingerprint density at radius 1 is 1.18 bits per heavy atom. The van der Waals surface area contributed by atoms with Gasteiger partial charge in [0.05, 0.1) is 10.7 Å². The fourth-order valence-electron chi connectivity index (χ4n) is 2.15. The molecule has 1 fully saturated rings. The van der Waals surface area contributed by atoms with Gasteiger partial charge >= 0.3 is 6.03 Å². The van der Waals surface area contributed by atoms with Crippen LogP contribution in [0.4, 0.5) is 10.5 Å². The van der Waals surface area contributed by atoms with E-state index < -0.39 is 0 Å². The Balaban J connectivity index is 1.86. The molecule has 17 heavy (non-hydrogen) atoms. The Kier molecular flexibility index (Phi) is 4.26. The lowest BCUT2D eigenvalue weighted by Crippen LogP contribution is -2.39. The molecule has 0 atom stereocenters. The molecular formula is C13H17ClN2O. The molecule has 4 heteroatoms. The van der Waals surface area contributed by atoms with Crippen LogP contribution in [0.3, 0.4) is 0 Å². The number of benzene rings is 1. The molecular weight excluding hydrogens is 236 g/mol. The predicted molar refractivity (Wildman–Crippen MR) is 70.5 cm³/mol. The minimum atomic E-state index is -0.162. The van der Waals surface area contributed by atoms with Crippen molar-refractivity contribution in [3.63, 3.8) is 0 Å². The van der Waals surface area contributed by atoms with Crippen molar-refractivity contribution in [1.29, 1.82) is 0 Å². The minimum Gasteiger partial charge on any atom is -0.335 e. The number of carbonyl (C=O) groups excluding carboxylic acids is 1. The van der Waals surface area contributed by atoms with Gasteiger partial charge in [-0.2, -0.15) is 0 Å². The first-order chi connectivity index (χ1) is 8.25. The van der Waals surface area contributed by atoms with E-state index in [1.165, 1.54) is 19.3 Å². The van der Waals surface area contributed by atoms with Crippen molar-refractivity contribution in [2.75, 3.05) is 5.32 Å². The summed E-state index contributed by atoms with van der Waals surface area (Å²) >= 11 is 5.97. The molecule has 1 saturated carbocycles. The Bertz CT molecular complexity index is 389. The topological polar surface area (TPSA) is 41.1 Å². The van der Waals surface area contributed by atoms with E-state index in [4.69, 9.17) is 11.6 Å². The van der Waals surface area contributed by atoms with E-state index in [0.717, 1.165) is 12.8 Å². The SMILES string of the molecule is O=C(Nc1ccccc1Cl)NC1CCCCC1. The van der Waals surface area contributed by atoms with Gasteiger partial charge in [-0.3, -0.25) is 0 Å². The molecule has 1 aromatic rings. The van der Waals surface area contributed by atoms with Crippen LogP contribution < -0.4 is 10.6 Å². The number of nitrogens with one attached hydrogen (secondary N) is 2. The summed E-state index contributed by atoms with van der Waals surface area (Å²) in [7, 11) is 0. The number of amides is 2. The first kappa shape index (κ1) is 12.2. The summed E-state index contributed by atoms with van der Waals surface area (Å²) in [6.45, 7) is 0. The third kappa shape index (κ3) is 3.63. The van der Waals surface area contributed by atoms with Crippen molar-refractivity contribution < 1.29 is 4.79 Å². The smallest absolute Gasteiger partial charge is 0.319 e. The first-order valence-electron chi connectivity index (χ1n) is 6.08. The lowest BCUT2D eigenvalue weighted by atomic mass is 9.96.